The van der Waals surface area contributed by atoms with Crippen molar-refractivity contribution in [2.24, 2.45) is 0 Å². The summed E-state index contributed by atoms with van der Waals surface area (Å²) < 4.78 is 0. The lowest BCUT2D eigenvalue weighted by Gasteiger charge is -1.69. The summed E-state index contributed by atoms with van der Waals surface area (Å²) in [5.74, 6) is 0. The molecule has 0 aliphatic carbocycles. The molecule has 28 valence electrons. The van der Waals surface area contributed by atoms with Gasteiger partial charge in [0.1, 0.15) is 0 Å². The van der Waals surface area contributed by atoms with Crippen molar-refractivity contribution in [3.63, 3.8) is 0 Å². The van der Waals surface area contributed by atoms with E-state index in [2.05, 4.69) is 12.1 Å². The molecule has 2 heteroatoms. The van der Waals surface area contributed by atoms with Gasteiger partial charge in [0, 0.05) is 0 Å². The molecular weight excluding hydrogens is 66.0 g/mol. The van der Waals surface area contributed by atoms with E-state index >= 15 is 0 Å². The minimum Gasteiger partial charge on any atom is -0.102 e. The van der Waals surface area contributed by atoms with Gasteiger partial charge in [0.15, 0.2) is 0 Å². The van der Waals surface area contributed by atoms with E-state index in [0.29, 0.717) is 0 Å². The summed E-state index contributed by atoms with van der Waals surface area (Å²) >= 11 is 0. The average molecular weight is 71.1 g/mol. The zero-order valence-corrected chi connectivity index (χ0v) is 2.85. The van der Waals surface area contributed by atoms with Crippen molar-refractivity contribution in [2.75, 3.05) is 6.54 Å². The van der Waals surface area contributed by atoms with Crippen LogP contribution in [0.25, 0.3) is 0 Å². The molecule has 0 aromatic carbocycles. The third kappa shape index (κ3) is 3.66. The third-order valence-corrected chi connectivity index (χ3v) is 0.204. The number of nitrogens with zero attached hydrogens (tertiary/aromatic N) is 1. The van der Waals surface area contributed by atoms with Crippen molar-refractivity contribution in [3.05, 3.63) is 12.7 Å². The molecule has 0 aliphatic rings. The van der Waals surface area contributed by atoms with Crippen LogP contribution in [0.1, 0.15) is 0 Å². The Morgan fingerprint density at radius 3 is 2.60 bits per heavy atom. The van der Waals surface area contributed by atoms with E-state index in [9.17, 15) is 0 Å². The van der Waals surface area contributed by atoms with Crippen LogP contribution in [0.2, 0.25) is 0 Å². The highest BCUT2D eigenvalue weighted by Crippen LogP contribution is 1.52. The predicted octanol–water partition coefficient (Wildman–Crippen LogP) is 0.122. The Morgan fingerprint density at radius 1 is 2.00 bits per heavy atom. The van der Waals surface area contributed by atoms with Crippen LogP contribution >= 0.6 is 0 Å². The summed E-state index contributed by atoms with van der Waals surface area (Å²) in [5.41, 5.74) is 2.49. The zero-order chi connectivity index (χ0) is 4.12. The highest BCUT2D eigenvalue weighted by molar-refractivity contribution is 4.65. The van der Waals surface area contributed by atoms with Gasteiger partial charge in [0.05, 0.1) is 6.54 Å². The Kier molecular flexibility index (Phi) is 3.41. The molecule has 0 aromatic heterocycles. The first-order chi connectivity index (χ1) is 2.41. The summed E-state index contributed by atoms with van der Waals surface area (Å²) in [4.78, 5) is 0. The molecule has 2 radical (unpaired) electrons. The second-order valence-electron chi connectivity index (χ2n) is 0.600. The van der Waals surface area contributed by atoms with Crippen LogP contribution in [0.5, 0.6) is 0 Å². The summed E-state index contributed by atoms with van der Waals surface area (Å²) in [6, 6.07) is 0. The molecule has 5 heavy (non-hydrogen) atoms. The van der Waals surface area contributed by atoms with E-state index < -0.39 is 0 Å². The monoisotopic (exact) mass is 71.0 g/mol. The molecule has 0 aliphatic heterocycles. The predicted molar refractivity (Wildman–Crippen MR) is 17.9 cm³/mol. The fourth-order valence-corrected chi connectivity index (χ4v) is 0.0527. The molecule has 0 fully saturated rings. The zero-order valence-electron chi connectivity index (χ0n) is 2.85. The lowest BCUT2D eigenvalue weighted by molar-refractivity contribution is 0.0760. The van der Waals surface area contributed by atoms with Crippen molar-refractivity contribution >= 4 is 0 Å². The van der Waals surface area contributed by atoms with E-state index in [-0.39, 0.29) is 6.54 Å². The Balaban J connectivity index is 2.40. The van der Waals surface area contributed by atoms with Gasteiger partial charge in [0.25, 0.3) is 0 Å². The van der Waals surface area contributed by atoms with Gasteiger partial charge in [-0.05, 0) is 0 Å². The maximum absolute atomic E-state index is 9.08. The Hall–Kier alpha value is -0.340. The first kappa shape index (κ1) is 4.66. The van der Waals surface area contributed by atoms with Gasteiger partial charge >= 0.3 is 0 Å². The van der Waals surface area contributed by atoms with Crippen LogP contribution in [0.15, 0.2) is 12.7 Å². The van der Waals surface area contributed by atoms with Crippen LogP contribution < -0.4 is 5.48 Å². The van der Waals surface area contributed by atoms with Crippen molar-refractivity contribution in [1.82, 2.24) is 5.48 Å². The average Bonchev–Trinajstić information content (AvgIpc) is 1.41. The summed E-state index contributed by atoms with van der Waals surface area (Å²) in [7, 11) is 0. The standard InChI is InChI=1S/C3H5NO/c1-2-3-4-5/h2H,1,3H2. The number of hydroxylamine groups is 1. The molecule has 0 bridgehead atoms. The normalized spacial score (nSPS) is 7.40. The van der Waals surface area contributed by atoms with Crippen LogP contribution in [-0.2, 0) is 5.21 Å². The fraction of sp³-hybridized carbons (Fsp3) is 0.333. The quantitative estimate of drug-likeness (QED) is 0.327. The van der Waals surface area contributed by atoms with E-state index in [1.54, 1.807) is 0 Å². The largest absolute Gasteiger partial charge is 0.102 e. The van der Waals surface area contributed by atoms with E-state index in [0.717, 1.165) is 0 Å². The van der Waals surface area contributed by atoms with Gasteiger partial charge in [-0.25, -0.2) is 0 Å². The van der Waals surface area contributed by atoms with Crippen molar-refractivity contribution in [1.29, 1.82) is 0 Å². The van der Waals surface area contributed by atoms with Crippen LogP contribution in [0.3, 0.4) is 0 Å². The second-order valence-corrected chi connectivity index (χ2v) is 0.600. The maximum Gasteiger partial charge on any atom is 0.0638 e. The lowest BCUT2D eigenvalue weighted by Crippen LogP contribution is -1.91. The molecule has 0 saturated heterocycles. The summed E-state index contributed by atoms with van der Waals surface area (Å²) in [5, 5.41) is 9.08. The Bertz CT molecular complexity index is 28.1. The summed E-state index contributed by atoms with van der Waals surface area (Å²) in [6.07, 6.45) is 1.45. The fourth-order valence-electron chi connectivity index (χ4n) is 0.0527. The minimum atomic E-state index is 0.222. The molecule has 0 N–H and O–H groups in total. The molecule has 2 nitrogen and oxygen atoms in total. The van der Waals surface area contributed by atoms with Gasteiger partial charge in [0.2, 0.25) is 0 Å². The molecule has 0 saturated carbocycles. The molecule has 0 aromatic rings. The van der Waals surface area contributed by atoms with E-state index in [4.69, 9.17) is 5.21 Å². The highest BCUT2D eigenvalue weighted by atomic mass is 16.5. The molecule has 0 unspecified atom stereocenters. The van der Waals surface area contributed by atoms with Gasteiger partial charge in [-0.1, -0.05) is 11.6 Å². The number of hydrogen-bond donors (Lipinski definition) is 0. The molecule has 0 rings (SSSR count). The molecule has 0 amide bonds. The molecule has 0 spiro atoms. The SMILES string of the molecule is C=CC[N][O]. The highest BCUT2D eigenvalue weighted by Gasteiger charge is 1.65. The molecular formula is C3H5NO. The molecule has 0 atom stereocenters. The van der Waals surface area contributed by atoms with Crippen molar-refractivity contribution in [3.8, 4) is 0 Å². The van der Waals surface area contributed by atoms with Crippen LogP contribution in [-0.4, -0.2) is 6.54 Å². The number of hydrogen-bond acceptors (Lipinski definition) is 0. The lowest BCUT2D eigenvalue weighted by atomic mass is 10.7. The maximum atomic E-state index is 9.08. The molecule has 0 heterocycles. The van der Waals surface area contributed by atoms with Crippen molar-refractivity contribution in [2.45, 2.75) is 0 Å². The van der Waals surface area contributed by atoms with Crippen LogP contribution in [0.4, 0.5) is 0 Å². The van der Waals surface area contributed by atoms with Gasteiger partial charge < -0.3 is 0 Å². The number of rotatable bonds is 2. The Labute approximate surface area is 31.1 Å². The minimum absolute atomic E-state index is 0.222. The van der Waals surface area contributed by atoms with Gasteiger partial charge in [-0.15, -0.1) is 11.8 Å². The van der Waals surface area contributed by atoms with Gasteiger partial charge in [-0.3, -0.25) is 0 Å². The third-order valence-electron chi connectivity index (χ3n) is 0.204. The first-order valence-corrected chi connectivity index (χ1v) is 1.32. The van der Waals surface area contributed by atoms with E-state index in [1.165, 1.54) is 6.08 Å². The van der Waals surface area contributed by atoms with E-state index in [1.807, 2.05) is 0 Å². The smallest absolute Gasteiger partial charge is 0.0638 e. The first-order valence-electron chi connectivity index (χ1n) is 1.32. The second kappa shape index (κ2) is 3.66. The Morgan fingerprint density at radius 2 is 2.60 bits per heavy atom. The van der Waals surface area contributed by atoms with Crippen LogP contribution in [0, 0.1) is 0 Å². The topological polar surface area (TPSA) is 34.0 Å². The summed E-state index contributed by atoms with van der Waals surface area (Å²) in [6.45, 7) is 3.48. The van der Waals surface area contributed by atoms with Gasteiger partial charge in [-0.2, -0.15) is 0 Å². The van der Waals surface area contributed by atoms with Crippen molar-refractivity contribution < 1.29 is 5.21 Å².